The number of fused-ring (bicyclic) bond motifs is 3. The highest BCUT2D eigenvalue weighted by atomic mass is 35.5. The van der Waals surface area contributed by atoms with E-state index in [9.17, 15) is 0 Å². The minimum atomic E-state index is -0.490. The molecule has 8 heteroatoms. The van der Waals surface area contributed by atoms with Crippen LogP contribution >= 0.6 is 22.9 Å². The van der Waals surface area contributed by atoms with Crippen LogP contribution in [0.4, 0.5) is 0 Å². The van der Waals surface area contributed by atoms with E-state index in [4.69, 9.17) is 31.1 Å². The normalized spacial score (nSPS) is 26.0. The molecule has 0 saturated carbocycles. The molecule has 0 aliphatic carbocycles. The zero-order valence-electron chi connectivity index (χ0n) is 18.7. The molecule has 0 radical (unpaired) electrons. The number of rotatable bonds is 5. The molecule has 2 aromatic carbocycles. The summed E-state index contributed by atoms with van der Waals surface area (Å²) in [4.78, 5) is 12.2. The smallest absolute Gasteiger partial charge is 0.227 e. The van der Waals surface area contributed by atoms with Crippen molar-refractivity contribution < 1.29 is 14.3 Å². The largest absolute Gasteiger partial charge is 0.497 e. The van der Waals surface area contributed by atoms with Crippen LogP contribution in [0.2, 0.25) is 5.02 Å². The number of thiophene rings is 1. The maximum absolute atomic E-state index is 6.91. The van der Waals surface area contributed by atoms with Gasteiger partial charge in [-0.25, -0.2) is 0 Å². The summed E-state index contributed by atoms with van der Waals surface area (Å²) in [7, 11) is 3.36. The maximum atomic E-state index is 6.91. The average molecular weight is 484 g/mol. The first-order valence-electron chi connectivity index (χ1n) is 11.3. The number of amidine groups is 1. The number of piperidine rings is 3. The van der Waals surface area contributed by atoms with Gasteiger partial charge in [-0.3, -0.25) is 4.90 Å². The molecule has 2 bridgehead atoms. The van der Waals surface area contributed by atoms with Crippen molar-refractivity contribution in [3.8, 4) is 11.5 Å². The van der Waals surface area contributed by atoms with Crippen LogP contribution in [-0.2, 0) is 11.4 Å². The highest BCUT2D eigenvalue weighted by molar-refractivity contribution is 7.21. The molecule has 3 saturated heterocycles. The number of hydrogen-bond donors (Lipinski definition) is 0. The van der Waals surface area contributed by atoms with Crippen LogP contribution in [0.5, 0.6) is 11.5 Å². The Bertz CT molecular complexity index is 1240. The molecule has 3 aromatic rings. The second kappa shape index (κ2) is 8.08. The molecule has 1 aromatic heterocycles. The van der Waals surface area contributed by atoms with Gasteiger partial charge in [0.1, 0.15) is 11.5 Å². The fraction of sp³-hybridized carbons (Fsp3) is 0.400. The van der Waals surface area contributed by atoms with Crippen LogP contribution in [0, 0.1) is 5.92 Å². The lowest BCUT2D eigenvalue weighted by Crippen LogP contribution is -2.66. The number of hydrogen-bond acceptors (Lipinski definition) is 7. The molecule has 4 aliphatic rings. The maximum Gasteiger partial charge on any atom is 0.227 e. The van der Waals surface area contributed by atoms with Crippen molar-refractivity contribution in [2.24, 2.45) is 11.1 Å². The summed E-state index contributed by atoms with van der Waals surface area (Å²) in [5, 5.41) is 6.49. The number of halogens is 1. The van der Waals surface area contributed by atoms with Crippen LogP contribution in [0.15, 0.2) is 47.6 Å². The molecule has 5 heterocycles. The summed E-state index contributed by atoms with van der Waals surface area (Å²) < 4.78 is 12.3. The van der Waals surface area contributed by atoms with Crippen LogP contribution in [0.25, 0.3) is 10.1 Å². The summed E-state index contributed by atoms with van der Waals surface area (Å²) in [6.45, 7) is 3.69. The van der Waals surface area contributed by atoms with Crippen LogP contribution < -0.4 is 9.47 Å². The fourth-order valence-electron chi connectivity index (χ4n) is 5.48. The van der Waals surface area contributed by atoms with E-state index in [0.717, 1.165) is 75.4 Å². The van der Waals surface area contributed by atoms with Gasteiger partial charge in [-0.15, -0.1) is 11.3 Å². The Kier molecular flexibility index (Phi) is 5.16. The molecule has 0 N–H and O–H groups in total. The van der Waals surface area contributed by atoms with E-state index in [1.165, 1.54) is 0 Å². The number of oxime groups is 1. The Labute approximate surface area is 202 Å². The van der Waals surface area contributed by atoms with Crippen molar-refractivity contribution in [1.29, 1.82) is 0 Å². The predicted octanol–water partition coefficient (Wildman–Crippen LogP) is 5.19. The first kappa shape index (κ1) is 21.1. The zero-order chi connectivity index (χ0) is 22.6. The molecule has 3 fully saturated rings. The van der Waals surface area contributed by atoms with E-state index in [1.54, 1.807) is 25.6 Å². The van der Waals surface area contributed by atoms with Crippen LogP contribution in [0.3, 0.4) is 0 Å². The van der Waals surface area contributed by atoms with Gasteiger partial charge in [0.05, 0.1) is 37.2 Å². The van der Waals surface area contributed by atoms with Crippen LogP contribution in [-0.4, -0.2) is 55.2 Å². The molecule has 7 rings (SSSR count). The van der Waals surface area contributed by atoms with Gasteiger partial charge in [-0.05, 0) is 44.1 Å². The Morgan fingerprint density at radius 2 is 1.97 bits per heavy atom. The third kappa shape index (κ3) is 3.28. The fourth-order valence-corrected chi connectivity index (χ4v) is 6.99. The lowest BCUT2D eigenvalue weighted by molar-refractivity contribution is -0.198. The van der Waals surface area contributed by atoms with Crippen molar-refractivity contribution in [2.45, 2.75) is 25.1 Å². The summed E-state index contributed by atoms with van der Waals surface area (Å²) in [5.74, 6) is 2.79. The predicted molar refractivity (Wildman–Crippen MR) is 131 cm³/mol. The summed E-state index contributed by atoms with van der Waals surface area (Å²) in [5.41, 5.74) is 0.570. The van der Waals surface area contributed by atoms with E-state index in [-0.39, 0.29) is 0 Å². The molecule has 0 amide bonds. The Morgan fingerprint density at radius 3 is 2.67 bits per heavy atom. The van der Waals surface area contributed by atoms with Gasteiger partial charge in [0, 0.05) is 27.6 Å². The van der Waals surface area contributed by atoms with Crippen molar-refractivity contribution in [2.75, 3.05) is 33.9 Å². The number of ether oxygens (including phenoxy) is 2. The van der Waals surface area contributed by atoms with Gasteiger partial charge in [0.15, 0.2) is 5.84 Å². The standard InChI is InChI=1S/C25H26ClN3O3S/c1-30-18-8-7-16(20(13-18)31-2)14-29-24(23-22(26)19-5-3-4-6-21(19)33-23)27-32-25(29)15-28-11-9-17(25)10-12-28/h3-8,13,17H,9-12,14-15H2,1-2H3. The van der Waals surface area contributed by atoms with Crippen molar-refractivity contribution in [1.82, 2.24) is 9.80 Å². The summed E-state index contributed by atoms with van der Waals surface area (Å²) in [6, 6.07) is 14.2. The number of methoxy groups -OCH3 is 2. The minimum Gasteiger partial charge on any atom is -0.497 e. The lowest BCUT2D eigenvalue weighted by Gasteiger charge is -2.53. The zero-order valence-corrected chi connectivity index (χ0v) is 20.3. The van der Waals surface area contributed by atoms with Crippen molar-refractivity contribution in [3.63, 3.8) is 0 Å². The lowest BCUT2D eigenvalue weighted by atomic mass is 9.79. The number of nitrogens with zero attached hydrogens (tertiary/aromatic N) is 3. The van der Waals surface area contributed by atoms with Gasteiger partial charge in [0.25, 0.3) is 0 Å². The van der Waals surface area contributed by atoms with Gasteiger partial charge in [0.2, 0.25) is 5.72 Å². The Morgan fingerprint density at radius 1 is 1.15 bits per heavy atom. The van der Waals surface area contributed by atoms with Crippen molar-refractivity contribution in [3.05, 3.63) is 57.9 Å². The van der Waals surface area contributed by atoms with Crippen LogP contribution in [0.1, 0.15) is 23.3 Å². The second-order valence-corrected chi connectivity index (χ2v) is 10.3. The van der Waals surface area contributed by atoms with Gasteiger partial charge in [-0.1, -0.05) is 35.0 Å². The molecular weight excluding hydrogens is 458 g/mol. The Balaban J connectivity index is 1.45. The van der Waals surface area contributed by atoms with E-state index in [1.807, 2.05) is 24.3 Å². The average Bonchev–Trinajstić information content (AvgIpc) is 3.37. The van der Waals surface area contributed by atoms with Crippen molar-refractivity contribution >= 4 is 38.9 Å². The monoisotopic (exact) mass is 483 g/mol. The number of benzene rings is 2. The first-order valence-corrected chi connectivity index (χ1v) is 12.5. The molecule has 33 heavy (non-hydrogen) atoms. The highest BCUT2D eigenvalue weighted by Crippen LogP contribution is 2.47. The quantitative estimate of drug-likeness (QED) is 0.500. The van der Waals surface area contributed by atoms with E-state index >= 15 is 0 Å². The topological polar surface area (TPSA) is 46.5 Å². The van der Waals surface area contributed by atoms with E-state index in [2.05, 4.69) is 28.0 Å². The van der Waals surface area contributed by atoms with Gasteiger partial charge < -0.3 is 19.2 Å². The third-order valence-electron chi connectivity index (χ3n) is 7.24. The molecular formula is C25H26ClN3O3S. The SMILES string of the molecule is COc1ccc(CN2C(c3sc4ccccc4c3Cl)=NOC23CN2CCC3CC2)c(OC)c1. The molecule has 6 nitrogen and oxygen atoms in total. The minimum absolute atomic E-state index is 0.418. The van der Waals surface area contributed by atoms with E-state index in [0.29, 0.717) is 12.5 Å². The van der Waals surface area contributed by atoms with E-state index < -0.39 is 5.72 Å². The molecule has 1 unspecified atom stereocenters. The summed E-state index contributed by atoms with van der Waals surface area (Å²) in [6.07, 6.45) is 2.22. The second-order valence-electron chi connectivity index (χ2n) is 8.91. The molecule has 1 spiro atoms. The molecule has 4 aliphatic heterocycles. The highest BCUT2D eigenvalue weighted by Gasteiger charge is 2.57. The Hall–Kier alpha value is -2.48. The van der Waals surface area contributed by atoms with Gasteiger partial charge >= 0.3 is 0 Å². The first-order chi connectivity index (χ1) is 16.1. The van der Waals surface area contributed by atoms with Gasteiger partial charge in [-0.2, -0.15) is 0 Å². The molecule has 1 atom stereocenters. The summed E-state index contributed by atoms with van der Waals surface area (Å²) >= 11 is 8.58. The third-order valence-corrected chi connectivity index (χ3v) is 8.91. The molecule has 172 valence electrons.